The zero-order chi connectivity index (χ0) is 23.6. The van der Waals surface area contributed by atoms with Crippen LogP contribution in [-0.2, 0) is 14.3 Å². The molecule has 6 nitrogen and oxygen atoms in total. The minimum atomic E-state index is -1.50. The number of ether oxygens (including phenoxy) is 2. The van der Waals surface area contributed by atoms with E-state index < -0.39 is 34.7 Å². The van der Waals surface area contributed by atoms with E-state index in [0.717, 1.165) is 17.6 Å². The van der Waals surface area contributed by atoms with Crippen molar-refractivity contribution in [3.05, 3.63) is 58.7 Å². The monoisotopic (exact) mass is 452 g/mol. The summed E-state index contributed by atoms with van der Waals surface area (Å²) in [5, 5.41) is 22.0. The number of rotatable bonds is 5. The Kier molecular flexibility index (Phi) is 5.11. The van der Waals surface area contributed by atoms with E-state index in [9.17, 15) is 19.8 Å². The summed E-state index contributed by atoms with van der Waals surface area (Å²) in [6.45, 7) is 6.32. The smallest absolute Gasteiger partial charge is 0.338 e. The van der Waals surface area contributed by atoms with Crippen molar-refractivity contribution in [1.29, 1.82) is 0 Å². The molecule has 2 aliphatic carbocycles. The summed E-state index contributed by atoms with van der Waals surface area (Å²) < 4.78 is 11.7. The number of carboxylic acid groups (broad SMARTS) is 1. The van der Waals surface area contributed by atoms with Crippen molar-refractivity contribution < 1.29 is 29.3 Å². The van der Waals surface area contributed by atoms with Gasteiger partial charge < -0.3 is 19.7 Å². The number of allylic oxidation sites excluding steroid dienone is 1. The van der Waals surface area contributed by atoms with Crippen LogP contribution in [0.25, 0.3) is 0 Å². The van der Waals surface area contributed by atoms with Crippen molar-refractivity contribution in [2.45, 2.75) is 64.8 Å². The minimum absolute atomic E-state index is 0.0453. The van der Waals surface area contributed by atoms with Crippen molar-refractivity contribution in [2.75, 3.05) is 6.61 Å². The molecule has 1 aromatic rings. The number of benzene rings is 1. The Hall–Kier alpha value is -2.44. The summed E-state index contributed by atoms with van der Waals surface area (Å²) in [5.41, 5.74) is 2.02. The number of hydrogen-bond acceptors (Lipinski definition) is 5. The SMILES string of the molecule is CC(C)C1=C2[C@H]3C[C@H]4O[C@](O)(C=C4COC(=O)c4ccccc4)[C@]3(C)CC[C@@]2(C(=O)O)CC1. The number of carbonyl (C=O) groups is 2. The van der Waals surface area contributed by atoms with Gasteiger partial charge in [0.25, 0.3) is 0 Å². The molecule has 2 N–H and O–H groups in total. The second-order valence-electron chi connectivity index (χ2n) is 10.7. The number of aliphatic hydroxyl groups is 1. The number of carbonyl (C=O) groups excluding carboxylic acids is 1. The molecule has 33 heavy (non-hydrogen) atoms. The fourth-order valence-electron chi connectivity index (χ4n) is 6.77. The fourth-order valence-corrected chi connectivity index (χ4v) is 6.77. The van der Waals surface area contributed by atoms with Gasteiger partial charge in [0.15, 0.2) is 5.79 Å². The van der Waals surface area contributed by atoms with Crippen molar-refractivity contribution in [3.63, 3.8) is 0 Å². The molecule has 0 spiro atoms. The molecule has 0 amide bonds. The lowest BCUT2D eigenvalue weighted by Crippen LogP contribution is -2.59. The van der Waals surface area contributed by atoms with E-state index in [-0.39, 0.29) is 18.4 Å². The minimum Gasteiger partial charge on any atom is -0.481 e. The van der Waals surface area contributed by atoms with Crippen molar-refractivity contribution in [3.8, 4) is 0 Å². The number of esters is 1. The van der Waals surface area contributed by atoms with Gasteiger partial charge in [0.05, 0.1) is 17.1 Å². The quantitative estimate of drug-likeness (QED) is 0.505. The maximum absolute atomic E-state index is 12.5. The first-order valence-electron chi connectivity index (χ1n) is 11.9. The molecule has 2 heterocycles. The summed E-state index contributed by atoms with van der Waals surface area (Å²) in [6.07, 6.45) is 4.42. The first-order chi connectivity index (χ1) is 15.6. The summed E-state index contributed by atoms with van der Waals surface area (Å²) in [6, 6.07) is 8.81. The average molecular weight is 453 g/mol. The standard InChI is InChI=1S/C27H32O6/c1-16(2)19-9-10-26(24(29)30)12-11-25(3)20(22(19)26)13-21-18(14-27(25,31)33-21)15-32-23(28)17-7-5-4-6-8-17/h4-8,14,16,20-21,31H,9-13,15H2,1-3H3,(H,29,30)/t20-,21-,25-,26+,27-/m1/s1. The van der Waals surface area contributed by atoms with Crippen LogP contribution >= 0.6 is 0 Å². The van der Waals surface area contributed by atoms with E-state index in [1.54, 1.807) is 30.3 Å². The van der Waals surface area contributed by atoms with Crippen molar-refractivity contribution >= 4 is 11.9 Å². The van der Waals surface area contributed by atoms with Crippen LogP contribution in [0.1, 0.15) is 63.2 Å². The van der Waals surface area contributed by atoms with Crippen LogP contribution in [0.4, 0.5) is 0 Å². The largest absolute Gasteiger partial charge is 0.481 e. The van der Waals surface area contributed by atoms with Crippen molar-refractivity contribution in [2.24, 2.45) is 22.7 Å². The van der Waals surface area contributed by atoms with Gasteiger partial charge in [0.1, 0.15) is 6.61 Å². The Morgan fingerprint density at radius 1 is 1.18 bits per heavy atom. The molecular weight excluding hydrogens is 420 g/mol. The van der Waals surface area contributed by atoms with Gasteiger partial charge >= 0.3 is 11.9 Å². The predicted octanol–water partition coefficient (Wildman–Crippen LogP) is 4.49. The van der Waals surface area contributed by atoms with Gasteiger partial charge in [-0.25, -0.2) is 4.79 Å². The molecular formula is C27H32O6. The van der Waals surface area contributed by atoms with Crippen molar-refractivity contribution in [1.82, 2.24) is 0 Å². The second kappa shape index (κ2) is 7.54. The van der Waals surface area contributed by atoms with Gasteiger partial charge in [-0.1, -0.05) is 44.5 Å². The maximum atomic E-state index is 12.5. The Morgan fingerprint density at radius 2 is 1.91 bits per heavy atom. The lowest BCUT2D eigenvalue weighted by Gasteiger charge is -2.57. The van der Waals surface area contributed by atoms with Crippen LogP contribution in [0.2, 0.25) is 0 Å². The second-order valence-corrected chi connectivity index (χ2v) is 10.7. The Balaban J connectivity index is 1.46. The molecule has 5 atom stereocenters. The molecule has 2 bridgehead atoms. The van der Waals surface area contributed by atoms with E-state index in [0.29, 0.717) is 31.2 Å². The van der Waals surface area contributed by atoms with Crippen LogP contribution in [-0.4, -0.2) is 40.6 Å². The Bertz CT molecular complexity index is 1060. The maximum Gasteiger partial charge on any atom is 0.338 e. The average Bonchev–Trinajstić information content (AvgIpc) is 3.32. The molecule has 6 heteroatoms. The number of aliphatic carboxylic acids is 1. The molecule has 176 valence electrons. The van der Waals surface area contributed by atoms with Gasteiger partial charge in [-0.05, 0) is 73.3 Å². The highest BCUT2D eigenvalue weighted by molar-refractivity contribution is 5.89. The topological polar surface area (TPSA) is 93.1 Å². The summed E-state index contributed by atoms with van der Waals surface area (Å²) >= 11 is 0. The van der Waals surface area contributed by atoms with Gasteiger partial charge in [-0.3, -0.25) is 4.79 Å². The van der Waals surface area contributed by atoms with Gasteiger partial charge in [0, 0.05) is 5.41 Å². The van der Waals surface area contributed by atoms with Gasteiger partial charge in [-0.15, -0.1) is 0 Å². The van der Waals surface area contributed by atoms with Gasteiger partial charge in [0.2, 0.25) is 0 Å². The highest BCUT2D eigenvalue weighted by atomic mass is 16.6. The Labute approximate surface area is 194 Å². The van der Waals surface area contributed by atoms with E-state index in [4.69, 9.17) is 9.47 Å². The number of hydrogen-bond donors (Lipinski definition) is 2. The normalized spacial score (nSPS) is 36.9. The molecule has 2 aliphatic heterocycles. The number of carboxylic acids is 1. The molecule has 2 fully saturated rings. The molecule has 1 aromatic carbocycles. The summed E-state index contributed by atoms with van der Waals surface area (Å²) in [4.78, 5) is 25.0. The molecule has 0 radical (unpaired) electrons. The van der Waals surface area contributed by atoms with Gasteiger partial charge in [-0.2, -0.15) is 0 Å². The van der Waals surface area contributed by atoms with E-state index in [1.807, 2.05) is 13.0 Å². The first kappa shape index (κ1) is 22.4. The number of fused-ring (bicyclic) bond motifs is 6. The Morgan fingerprint density at radius 3 is 2.58 bits per heavy atom. The van der Waals surface area contributed by atoms with Crippen LogP contribution in [0.5, 0.6) is 0 Å². The van der Waals surface area contributed by atoms with E-state index in [2.05, 4.69) is 13.8 Å². The highest BCUT2D eigenvalue weighted by Gasteiger charge is 2.67. The van der Waals surface area contributed by atoms with Crippen LogP contribution in [0.15, 0.2) is 53.1 Å². The third kappa shape index (κ3) is 3.14. The van der Waals surface area contributed by atoms with E-state index in [1.165, 1.54) is 5.57 Å². The van der Waals surface area contributed by atoms with Crippen LogP contribution in [0.3, 0.4) is 0 Å². The molecule has 5 rings (SSSR count). The third-order valence-electron chi connectivity index (χ3n) is 8.74. The van der Waals surface area contributed by atoms with Crippen LogP contribution < -0.4 is 0 Å². The molecule has 0 unspecified atom stereocenters. The fraction of sp³-hybridized carbons (Fsp3) is 0.556. The summed E-state index contributed by atoms with van der Waals surface area (Å²) in [5.74, 6) is -2.50. The molecule has 1 saturated heterocycles. The lowest BCUT2D eigenvalue weighted by atomic mass is 9.52. The summed E-state index contributed by atoms with van der Waals surface area (Å²) in [7, 11) is 0. The molecule has 0 aromatic heterocycles. The zero-order valence-electron chi connectivity index (χ0n) is 19.5. The molecule has 1 saturated carbocycles. The zero-order valence-corrected chi connectivity index (χ0v) is 19.5. The molecule has 4 aliphatic rings. The first-order valence-corrected chi connectivity index (χ1v) is 11.9. The van der Waals surface area contributed by atoms with E-state index >= 15 is 0 Å². The highest BCUT2D eigenvalue weighted by Crippen LogP contribution is 2.67. The third-order valence-corrected chi connectivity index (χ3v) is 8.74. The lowest BCUT2D eigenvalue weighted by molar-refractivity contribution is -0.288. The van der Waals surface area contributed by atoms with Crippen LogP contribution in [0, 0.1) is 22.7 Å². The predicted molar refractivity (Wildman–Crippen MR) is 121 cm³/mol.